The molecule has 0 saturated heterocycles. The molecule has 0 aliphatic carbocycles. The topological polar surface area (TPSA) is 72.2 Å². The van der Waals surface area contributed by atoms with Crippen molar-refractivity contribution in [1.29, 1.82) is 0 Å². The van der Waals surface area contributed by atoms with E-state index in [1.165, 1.54) is 6.92 Å². The Labute approximate surface area is 101 Å². The van der Waals surface area contributed by atoms with Crippen LogP contribution in [0.2, 0.25) is 0 Å². The summed E-state index contributed by atoms with van der Waals surface area (Å²) in [5.74, 6) is -1.73. The van der Waals surface area contributed by atoms with Crippen LogP contribution in [0.3, 0.4) is 0 Å². The molecule has 0 aromatic heterocycles. The molecule has 3 N–H and O–H groups in total. The lowest BCUT2D eigenvalue weighted by Crippen LogP contribution is -2.38. The van der Waals surface area contributed by atoms with Crippen LogP contribution in [0.4, 0.5) is 0 Å². The highest BCUT2D eigenvalue weighted by molar-refractivity contribution is 5.99. The van der Waals surface area contributed by atoms with Crippen molar-refractivity contribution in [1.82, 2.24) is 5.32 Å². The average molecular weight is 234 g/mol. The van der Waals surface area contributed by atoms with Gasteiger partial charge in [-0.3, -0.25) is 9.59 Å². The molecule has 0 radical (unpaired) electrons. The molecule has 2 amide bonds. The van der Waals surface area contributed by atoms with Gasteiger partial charge in [-0.25, -0.2) is 0 Å². The zero-order valence-electron chi connectivity index (χ0n) is 10.1. The number of hydrogen-bond donors (Lipinski definition) is 2. The Morgan fingerprint density at radius 1 is 1.29 bits per heavy atom. The van der Waals surface area contributed by atoms with Gasteiger partial charge in [-0.05, 0) is 18.9 Å². The van der Waals surface area contributed by atoms with Crippen molar-refractivity contribution in [3.63, 3.8) is 0 Å². The Bertz CT molecular complexity index is 390. The molecule has 0 aliphatic heterocycles. The summed E-state index contributed by atoms with van der Waals surface area (Å²) >= 11 is 0. The molecule has 0 spiro atoms. The summed E-state index contributed by atoms with van der Waals surface area (Å²) in [7, 11) is 0. The Balaban J connectivity index is 2.71. The third kappa shape index (κ3) is 3.59. The third-order valence-electron chi connectivity index (χ3n) is 2.75. The average Bonchev–Trinajstić information content (AvgIpc) is 2.35. The minimum Gasteiger partial charge on any atom is -0.369 e. The quantitative estimate of drug-likeness (QED) is 0.755. The molecule has 92 valence electrons. The monoisotopic (exact) mass is 234 g/mol. The largest absolute Gasteiger partial charge is 0.369 e. The number of rotatable bonds is 5. The van der Waals surface area contributed by atoms with E-state index in [0.29, 0.717) is 0 Å². The van der Waals surface area contributed by atoms with Crippen LogP contribution in [-0.4, -0.2) is 11.8 Å². The van der Waals surface area contributed by atoms with Gasteiger partial charge in [0.1, 0.15) is 5.92 Å². The molecular weight excluding hydrogens is 216 g/mol. The smallest absolute Gasteiger partial charge is 0.232 e. The van der Waals surface area contributed by atoms with Crippen LogP contribution < -0.4 is 11.1 Å². The van der Waals surface area contributed by atoms with Crippen LogP contribution in [0.25, 0.3) is 0 Å². The van der Waals surface area contributed by atoms with Gasteiger partial charge in [-0.2, -0.15) is 0 Å². The van der Waals surface area contributed by atoms with Gasteiger partial charge in [-0.1, -0.05) is 37.3 Å². The molecule has 2 atom stereocenters. The van der Waals surface area contributed by atoms with Crippen LogP contribution in [-0.2, 0) is 9.59 Å². The number of amides is 2. The fourth-order valence-electron chi connectivity index (χ4n) is 1.53. The van der Waals surface area contributed by atoms with Gasteiger partial charge in [0.25, 0.3) is 0 Å². The van der Waals surface area contributed by atoms with E-state index in [9.17, 15) is 9.59 Å². The van der Waals surface area contributed by atoms with Gasteiger partial charge in [0.05, 0.1) is 6.04 Å². The maximum absolute atomic E-state index is 11.7. The van der Waals surface area contributed by atoms with Crippen molar-refractivity contribution in [2.24, 2.45) is 11.7 Å². The van der Waals surface area contributed by atoms with E-state index < -0.39 is 11.8 Å². The highest BCUT2D eigenvalue weighted by atomic mass is 16.2. The number of carbonyl (C=O) groups excluding carboxylic acids is 2. The Hall–Kier alpha value is -1.84. The zero-order valence-corrected chi connectivity index (χ0v) is 10.1. The molecule has 0 unspecified atom stereocenters. The normalized spacial score (nSPS) is 13.8. The van der Waals surface area contributed by atoms with E-state index in [1.54, 1.807) is 0 Å². The molecule has 0 bridgehead atoms. The SMILES string of the molecule is CC[C@@H](NC(=O)[C@H](C)C(N)=O)c1ccccc1. The minimum atomic E-state index is -0.798. The van der Waals surface area contributed by atoms with Gasteiger partial charge in [0, 0.05) is 0 Å². The standard InChI is InChI=1S/C13H18N2O2/c1-3-11(10-7-5-4-6-8-10)15-13(17)9(2)12(14)16/h4-9,11H,3H2,1-2H3,(H2,14,16)(H,15,17)/t9-,11-/m1/s1. The maximum Gasteiger partial charge on any atom is 0.232 e. The van der Waals surface area contributed by atoms with Crippen LogP contribution in [0.5, 0.6) is 0 Å². The predicted molar refractivity (Wildman–Crippen MR) is 66.0 cm³/mol. The number of nitrogens with one attached hydrogen (secondary N) is 1. The first kappa shape index (κ1) is 13.2. The summed E-state index contributed by atoms with van der Waals surface area (Å²) in [4.78, 5) is 22.6. The molecule has 17 heavy (non-hydrogen) atoms. The first-order valence-electron chi connectivity index (χ1n) is 5.71. The zero-order chi connectivity index (χ0) is 12.8. The molecule has 1 aromatic carbocycles. The van der Waals surface area contributed by atoms with Crippen LogP contribution in [0.15, 0.2) is 30.3 Å². The highest BCUT2D eigenvalue weighted by Gasteiger charge is 2.21. The number of carbonyl (C=O) groups is 2. The summed E-state index contributed by atoms with van der Waals surface area (Å²) in [5, 5.41) is 2.82. The molecule has 0 fully saturated rings. The fourth-order valence-corrected chi connectivity index (χ4v) is 1.53. The molecule has 0 aliphatic rings. The van der Waals surface area contributed by atoms with E-state index >= 15 is 0 Å². The maximum atomic E-state index is 11.7. The number of primary amides is 1. The Kier molecular flexibility index (Phi) is 4.69. The van der Waals surface area contributed by atoms with Crippen LogP contribution >= 0.6 is 0 Å². The number of hydrogen-bond acceptors (Lipinski definition) is 2. The van der Waals surface area contributed by atoms with Crippen molar-refractivity contribution >= 4 is 11.8 Å². The summed E-state index contributed by atoms with van der Waals surface area (Å²) in [6.45, 7) is 3.49. The van der Waals surface area contributed by atoms with E-state index in [2.05, 4.69) is 5.32 Å². The second-order valence-electron chi connectivity index (χ2n) is 4.00. The number of nitrogens with two attached hydrogens (primary N) is 1. The lowest BCUT2D eigenvalue weighted by Gasteiger charge is -2.19. The van der Waals surface area contributed by atoms with Crippen molar-refractivity contribution in [2.75, 3.05) is 0 Å². The van der Waals surface area contributed by atoms with Gasteiger partial charge >= 0.3 is 0 Å². The molecule has 4 heteroatoms. The van der Waals surface area contributed by atoms with Crippen LogP contribution in [0, 0.1) is 5.92 Å². The van der Waals surface area contributed by atoms with Gasteiger partial charge in [-0.15, -0.1) is 0 Å². The van der Waals surface area contributed by atoms with E-state index in [4.69, 9.17) is 5.73 Å². The molecule has 1 aromatic rings. The molecule has 4 nitrogen and oxygen atoms in total. The second-order valence-corrected chi connectivity index (χ2v) is 4.00. The molecule has 0 saturated carbocycles. The fraction of sp³-hybridized carbons (Fsp3) is 0.385. The summed E-state index contributed by atoms with van der Waals surface area (Å²) in [6, 6.07) is 9.57. The van der Waals surface area contributed by atoms with Crippen molar-refractivity contribution in [2.45, 2.75) is 26.3 Å². The Morgan fingerprint density at radius 3 is 2.35 bits per heavy atom. The Morgan fingerprint density at radius 2 is 1.88 bits per heavy atom. The lowest BCUT2D eigenvalue weighted by atomic mass is 10.0. The third-order valence-corrected chi connectivity index (χ3v) is 2.75. The van der Waals surface area contributed by atoms with Crippen molar-refractivity contribution in [3.05, 3.63) is 35.9 Å². The first-order chi connectivity index (χ1) is 8.06. The molecule has 1 rings (SSSR count). The summed E-state index contributed by atoms with van der Waals surface area (Å²) in [6.07, 6.45) is 0.765. The molecule has 0 heterocycles. The van der Waals surface area contributed by atoms with E-state index in [-0.39, 0.29) is 11.9 Å². The van der Waals surface area contributed by atoms with Crippen molar-refractivity contribution < 1.29 is 9.59 Å². The van der Waals surface area contributed by atoms with Crippen LogP contribution in [0.1, 0.15) is 31.9 Å². The first-order valence-corrected chi connectivity index (χ1v) is 5.71. The van der Waals surface area contributed by atoms with Gasteiger partial charge in [0.15, 0.2) is 0 Å². The second kappa shape index (κ2) is 6.03. The number of benzene rings is 1. The molecular formula is C13H18N2O2. The van der Waals surface area contributed by atoms with E-state index in [0.717, 1.165) is 12.0 Å². The van der Waals surface area contributed by atoms with E-state index in [1.807, 2.05) is 37.3 Å². The van der Waals surface area contributed by atoms with Crippen molar-refractivity contribution in [3.8, 4) is 0 Å². The lowest BCUT2D eigenvalue weighted by molar-refractivity contribution is -0.133. The van der Waals surface area contributed by atoms with Gasteiger partial charge < -0.3 is 11.1 Å². The van der Waals surface area contributed by atoms with Gasteiger partial charge in [0.2, 0.25) is 11.8 Å². The summed E-state index contributed by atoms with van der Waals surface area (Å²) in [5.41, 5.74) is 6.12. The minimum absolute atomic E-state index is 0.0782. The summed E-state index contributed by atoms with van der Waals surface area (Å²) < 4.78 is 0. The predicted octanol–water partition coefficient (Wildman–Crippen LogP) is 1.38. The highest BCUT2D eigenvalue weighted by Crippen LogP contribution is 2.16.